The molecule has 0 unspecified atom stereocenters. The molecule has 2 aromatic heterocycles. The van der Waals surface area contributed by atoms with Gasteiger partial charge in [0.25, 0.3) is 15.9 Å². The minimum absolute atomic E-state index is 0.0287. The molecule has 0 aliphatic rings. The van der Waals surface area contributed by atoms with Gasteiger partial charge in [-0.3, -0.25) is 9.78 Å². The monoisotopic (exact) mass is 540 g/mol. The second-order valence-electron chi connectivity index (χ2n) is 6.99. The summed E-state index contributed by atoms with van der Waals surface area (Å²) < 4.78 is 35.0. The summed E-state index contributed by atoms with van der Waals surface area (Å²) >= 11 is 4.28. The molecule has 5 rings (SSSR count). The van der Waals surface area contributed by atoms with Crippen molar-refractivity contribution in [3.8, 4) is 0 Å². The maximum Gasteiger partial charge on any atom is 0.396 e. The molecular weight excluding hydrogens is 528 g/mol. The Bertz CT molecular complexity index is 1690. The van der Waals surface area contributed by atoms with Gasteiger partial charge in [-0.05, 0) is 47.9 Å². The van der Waals surface area contributed by atoms with Crippen LogP contribution in [0.25, 0.3) is 21.1 Å². The van der Waals surface area contributed by atoms with E-state index in [0.717, 1.165) is 20.1 Å². The van der Waals surface area contributed by atoms with E-state index in [2.05, 4.69) is 20.9 Å². The van der Waals surface area contributed by atoms with Crippen LogP contribution in [0.5, 0.6) is 0 Å². The summed E-state index contributed by atoms with van der Waals surface area (Å²) in [6, 6.07) is 17.5. The lowest BCUT2D eigenvalue weighted by Crippen LogP contribution is -2.37. The number of pyridine rings is 1. The van der Waals surface area contributed by atoms with Gasteiger partial charge in [0.1, 0.15) is 5.58 Å². The van der Waals surface area contributed by atoms with Crippen LogP contribution in [0.15, 0.2) is 97.7 Å². The fraction of sp³-hybridized carbons (Fsp3) is 0. The molecule has 0 fully saturated rings. The van der Waals surface area contributed by atoms with Gasteiger partial charge in [0, 0.05) is 22.3 Å². The highest BCUT2D eigenvalue weighted by molar-refractivity contribution is 9.10. The third-order valence-corrected chi connectivity index (χ3v) is 8.24. The number of rotatable bonds is 4. The first-order valence-electron chi connectivity index (χ1n) is 9.57. The Hall–Kier alpha value is -3.34. The Morgan fingerprint density at radius 3 is 2.55 bits per heavy atom. The van der Waals surface area contributed by atoms with Crippen molar-refractivity contribution >= 4 is 69.9 Å². The molecule has 0 spiro atoms. The number of sulfonamides is 1. The summed E-state index contributed by atoms with van der Waals surface area (Å²) in [6.45, 7) is 0. The fourth-order valence-corrected chi connectivity index (χ4v) is 6.30. The number of nitrogens with zero attached hydrogens (tertiary/aromatic N) is 2. The van der Waals surface area contributed by atoms with Crippen molar-refractivity contribution in [2.24, 2.45) is 0 Å². The van der Waals surface area contributed by atoms with Gasteiger partial charge in [-0.15, -0.1) is 0 Å². The Morgan fingerprint density at radius 2 is 1.79 bits per heavy atom. The summed E-state index contributed by atoms with van der Waals surface area (Å²) in [5.41, 5.74) is 0.498. The van der Waals surface area contributed by atoms with Crippen LogP contribution in [-0.2, 0) is 10.0 Å². The number of carbonyl (C=O) groups excluding carboxylic acids is 1. The average molecular weight is 541 g/mol. The van der Waals surface area contributed by atoms with E-state index in [-0.39, 0.29) is 16.1 Å². The fourth-order valence-electron chi connectivity index (χ4n) is 3.52. The SMILES string of the molecule is O=C(c1cccnc1)N(c1ccc2oc(=O)sc2c1)S(=O)(=O)c1ccc(Br)c2ccccc12. The molecule has 2 heterocycles. The normalized spacial score (nSPS) is 11.7. The molecule has 33 heavy (non-hydrogen) atoms. The van der Waals surface area contributed by atoms with Crippen LogP contribution in [-0.4, -0.2) is 19.3 Å². The molecule has 0 atom stereocenters. The zero-order valence-corrected chi connectivity index (χ0v) is 19.9. The summed E-state index contributed by atoms with van der Waals surface area (Å²) in [7, 11) is -4.38. The molecule has 10 heteroatoms. The van der Waals surface area contributed by atoms with E-state index in [1.54, 1.807) is 36.4 Å². The number of aromatic nitrogens is 1. The van der Waals surface area contributed by atoms with E-state index in [0.29, 0.717) is 21.1 Å². The molecule has 0 aliphatic heterocycles. The van der Waals surface area contributed by atoms with Crippen molar-refractivity contribution in [1.29, 1.82) is 0 Å². The Balaban J connectivity index is 1.77. The first-order chi connectivity index (χ1) is 15.9. The molecule has 5 aromatic rings. The molecule has 0 bridgehead atoms. The van der Waals surface area contributed by atoms with Crippen LogP contribution in [0.2, 0.25) is 0 Å². The smallest absolute Gasteiger partial charge is 0.396 e. The maximum absolute atomic E-state index is 14.0. The zero-order chi connectivity index (χ0) is 23.2. The van der Waals surface area contributed by atoms with Gasteiger partial charge in [-0.25, -0.2) is 13.2 Å². The molecule has 0 saturated heterocycles. The second kappa shape index (κ2) is 8.22. The van der Waals surface area contributed by atoms with Crippen molar-refractivity contribution in [2.75, 3.05) is 4.31 Å². The molecule has 0 radical (unpaired) electrons. The minimum atomic E-state index is -4.38. The highest BCUT2D eigenvalue weighted by Gasteiger charge is 2.33. The Kier molecular flexibility index (Phi) is 5.35. The molecule has 1 amide bonds. The third-order valence-electron chi connectivity index (χ3n) is 4.99. The number of amides is 1. The lowest BCUT2D eigenvalue weighted by Gasteiger charge is -2.23. The van der Waals surface area contributed by atoms with Gasteiger partial charge < -0.3 is 4.42 Å². The predicted octanol–water partition coefficient (Wildman–Crippen LogP) is 5.20. The molecule has 164 valence electrons. The van der Waals surface area contributed by atoms with E-state index < -0.39 is 20.9 Å². The lowest BCUT2D eigenvalue weighted by atomic mass is 10.1. The summed E-state index contributed by atoms with van der Waals surface area (Å²) in [5, 5.41) is 1.15. The zero-order valence-electron chi connectivity index (χ0n) is 16.6. The average Bonchev–Trinajstić information content (AvgIpc) is 3.19. The van der Waals surface area contributed by atoms with E-state index in [9.17, 15) is 18.0 Å². The van der Waals surface area contributed by atoms with E-state index >= 15 is 0 Å². The standard InChI is InChI=1S/C23H13BrN2O5S2/c24-18-8-10-21(17-6-2-1-5-16(17)18)33(29,30)26(22(27)14-4-3-11-25-13-14)15-7-9-19-20(12-15)32-23(28)31-19/h1-13H. The van der Waals surface area contributed by atoms with E-state index in [4.69, 9.17) is 4.42 Å². The highest BCUT2D eigenvalue weighted by Crippen LogP contribution is 2.35. The molecule has 0 N–H and O–H groups in total. The van der Waals surface area contributed by atoms with Crippen molar-refractivity contribution < 1.29 is 17.6 Å². The molecule has 0 aliphatic carbocycles. The molecule has 0 saturated carbocycles. The van der Waals surface area contributed by atoms with Gasteiger partial charge in [0.2, 0.25) is 0 Å². The number of fused-ring (bicyclic) bond motifs is 2. The Morgan fingerprint density at radius 1 is 1.00 bits per heavy atom. The van der Waals surface area contributed by atoms with Gasteiger partial charge in [-0.2, -0.15) is 4.31 Å². The molecular formula is C23H13BrN2O5S2. The summed E-state index contributed by atoms with van der Waals surface area (Å²) in [6.07, 6.45) is 2.80. The lowest BCUT2D eigenvalue weighted by molar-refractivity contribution is 0.100. The maximum atomic E-state index is 14.0. The van der Waals surface area contributed by atoms with Crippen LogP contribution < -0.4 is 9.24 Å². The van der Waals surface area contributed by atoms with E-state index in [1.165, 1.54) is 42.7 Å². The first kappa shape index (κ1) is 21.5. The number of hydrogen-bond donors (Lipinski definition) is 0. The van der Waals surface area contributed by atoms with Gasteiger partial charge >= 0.3 is 4.94 Å². The largest absolute Gasteiger partial charge is 0.414 e. The van der Waals surface area contributed by atoms with Gasteiger partial charge in [-0.1, -0.05) is 51.5 Å². The molecule has 3 aromatic carbocycles. The van der Waals surface area contributed by atoms with Crippen LogP contribution in [0.1, 0.15) is 10.4 Å². The Labute approximate surface area is 200 Å². The quantitative estimate of drug-likeness (QED) is 0.310. The van der Waals surface area contributed by atoms with E-state index in [1.807, 2.05) is 0 Å². The highest BCUT2D eigenvalue weighted by atomic mass is 79.9. The predicted molar refractivity (Wildman–Crippen MR) is 130 cm³/mol. The van der Waals surface area contributed by atoms with Crippen molar-refractivity contribution in [1.82, 2.24) is 4.98 Å². The topological polar surface area (TPSA) is 97.6 Å². The summed E-state index contributed by atoms with van der Waals surface area (Å²) in [5.74, 6) is -0.773. The van der Waals surface area contributed by atoms with Crippen LogP contribution in [0.3, 0.4) is 0 Å². The second-order valence-corrected chi connectivity index (χ2v) is 10.6. The van der Waals surface area contributed by atoms with Crippen LogP contribution in [0, 0.1) is 0 Å². The number of anilines is 1. The van der Waals surface area contributed by atoms with Crippen LogP contribution >= 0.6 is 27.3 Å². The number of hydrogen-bond acceptors (Lipinski definition) is 7. The number of carbonyl (C=O) groups is 1. The van der Waals surface area contributed by atoms with Crippen molar-refractivity contribution in [3.63, 3.8) is 0 Å². The summed E-state index contributed by atoms with van der Waals surface area (Å²) in [4.78, 5) is 28.6. The molecule has 7 nitrogen and oxygen atoms in total. The first-order valence-corrected chi connectivity index (χ1v) is 12.6. The minimum Gasteiger partial charge on any atom is -0.414 e. The van der Waals surface area contributed by atoms with Crippen molar-refractivity contribution in [3.05, 3.63) is 98.9 Å². The number of halogens is 1. The van der Waals surface area contributed by atoms with Crippen molar-refractivity contribution in [2.45, 2.75) is 4.90 Å². The van der Waals surface area contributed by atoms with Gasteiger partial charge in [0.05, 0.1) is 20.8 Å². The van der Waals surface area contributed by atoms with Crippen LogP contribution in [0.4, 0.5) is 5.69 Å². The third kappa shape index (κ3) is 3.75. The van der Waals surface area contributed by atoms with Gasteiger partial charge in [0.15, 0.2) is 0 Å². The number of benzene rings is 3.